The van der Waals surface area contributed by atoms with Crippen LogP contribution in [0.4, 0.5) is 0 Å². The molecule has 0 aliphatic heterocycles. The fraction of sp³-hybridized carbons (Fsp3) is 0.200. The molecule has 0 aliphatic rings. The van der Waals surface area contributed by atoms with E-state index in [0.29, 0.717) is 12.2 Å². The van der Waals surface area contributed by atoms with Gasteiger partial charge >= 0.3 is 0 Å². The fourth-order valence-electron chi connectivity index (χ4n) is 1.65. The molecule has 1 heterocycles. The van der Waals surface area contributed by atoms with Gasteiger partial charge in [0, 0.05) is 23.4 Å². The Bertz CT molecular complexity index is 520. The second kappa shape index (κ2) is 5.96. The summed E-state index contributed by atoms with van der Waals surface area (Å²) >= 11 is 0. The molecule has 0 aliphatic carbocycles. The molecule has 0 unspecified atom stereocenters. The number of carbonyl (C=O) groups excluding carboxylic acids is 1. The lowest BCUT2D eigenvalue weighted by Gasteiger charge is -2.06. The third-order valence-electron chi connectivity index (χ3n) is 2.59. The van der Waals surface area contributed by atoms with Gasteiger partial charge in [-0.2, -0.15) is 0 Å². The minimum atomic E-state index is 0.580. The number of aldehydes is 1. The lowest BCUT2D eigenvalue weighted by atomic mass is 10.2. The van der Waals surface area contributed by atoms with Crippen molar-refractivity contribution >= 4 is 6.29 Å². The Morgan fingerprint density at radius 3 is 2.61 bits per heavy atom. The highest BCUT2D eigenvalue weighted by Crippen LogP contribution is 2.11. The molecule has 1 aromatic carbocycles. The molecule has 2 rings (SSSR count). The van der Waals surface area contributed by atoms with Gasteiger partial charge in [-0.15, -0.1) is 0 Å². The lowest BCUT2D eigenvalue weighted by molar-refractivity contribution is 0.112. The van der Waals surface area contributed by atoms with Crippen LogP contribution in [0.1, 0.15) is 21.7 Å². The van der Waals surface area contributed by atoms with Gasteiger partial charge in [0.2, 0.25) is 0 Å². The molecule has 92 valence electrons. The highest BCUT2D eigenvalue weighted by atomic mass is 16.5. The van der Waals surface area contributed by atoms with Gasteiger partial charge in [-0.3, -0.25) is 9.78 Å². The summed E-state index contributed by atoms with van der Waals surface area (Å²) in [5.41, 5.74) is 2.70. The first-order valence-corrected chi connectivity index (χ1v) is 5.88. The minimum Gasteiger partial charge on any atom is -0.493 e. The molecule has 1 aromatic heterocycles. The Morgan fingerprint density at radius 1 is 1.17 bits per heavy atom. The van der Waals surface area contributed by atoms with Gasteiger partial charge in [0.05, 0.1) is 6.61 Å². The molecule has 0 fully saturated rings. The molecule has 0 amide bonds. The normalized spacial score (nSPS) is 10.1. The summed E-state index contributed by atoms with van der Waals surface area (Å²) in [5.74, 6) is 0.772. The molecular weight excluding hydrogens is 226 g/mol. The quantitative estimate of drug-likeness (QED) is 0.756. The summed E-state index contributed by atoms with van der Waals surface area (Å²) < 4.78 is 5.59. The van der Waals surface area contributed by atoms with Crippen molar-refractivity contribution in [1.29, 1.82) is 0 Å². The van der Waals surface area contributed by atoms with Crippen molar-refractivity contribution in [2.75, 3.05) is 6.61 Å². The molecule has 0 atom stereocenters. The number of hydrogen-bond donors (Lipinski definition) is 0. The molecule has 0 bridgehead atoms. The van der Waals surface area contributed by atoms with Crippen LogP contribution in [-0.4, -0.2) is 17.9 Å². The zero-order valence-electron chi connectivity index (χ0n) is 10.3. The molecule has 0 spiro atoms. The molecule has 0 saturated carbocycles. The molecule has 3 nitrogen and oxygen atoms in total. The van der Waals surface area contributed by atoms with Crippen LogP contribution < -0.4 is 4.74 Å². The van der Waals surface area contributed by atoms with E-state index in [1.807, 2.05) is 25.1 Å². The van der Waals surface area contributed by atoms with Crippen LogP contribution in [0, 0.1) is 6.92 Å². The van der Waals surface area contributed by atoms with E-state index in [1.165, 1.54) is 0 Å². The lowest BCUT2D eigenvalue weighted by Crippen LogP contribution is -2.03. The first kappa shape index (κ1) is 12.3. The molecule has 3 heteroatoms. The van der Waals surface area contributed by atoms with Crippen LogP contribution in [0.15, 0.2) is 42.5 Å². The standard InChI is InChI=1S/C15H15NO2/c1-12-3-2-4-14(16-12)9-10-18-15-7-5-13(11-17)6-8-15/h2-8,11H,9-10H2,1H3. The number of aryl methyl sites for hydroxylation is 1. The van der Waals surface area contributed by atoms with E-state index >= 15 is 0 Å². The second-order valence-corrected chi connectivity index (χ2v) is 4.06. The maximum Gasteiger partial charge on any atom is 0.150 e. The van der Waals surface area contributed by atoms with E-state index in [4.69, 9.17) is 4.74 Å². The number of nitrogens with zero attached hydrogens (tertiary/aromatic N) is 1. The van der Waals surface area contributed by atoms with Gasteiger partial charge in [-0.1, -0.05) is 6.07 Å². The van der Waals surface area contributed by atoms with Crippen LogP contribution in [0.3, 0.4) is 0 Å². The SMILES string of the molecule is Cc1cccc(CCOc2ccc(C=O)cc2)n1. The topological polar surface area (TPSA) is 39.2 Å². The van der Waals surface area contributed by atoms with Crippen LogP contribution in [0.2, 0.25) is 0 Å². The number of aromatic nitrogens is 1. The van der Waals surface area contributed by atoms with Crippen molar-refractivity contribution in [2.45, 2.75) is 13.3 Å². The first-order valence-electron chi connectivity index (χ1n) is 5.88. The molecular formula is C15H15NO2. The van der Waals surface area contributed by atoms with Gasteiger partial charge in [0.25, 0.3) is 0 Å². The largest absolute Gasteiger partial charge is 0.493 e. The predicted octanol–water partition coefficient (Wildman–Crippen LogP) is 2.82. The fourth-order valence-corrected chi connectivity index (χ4v) is 1.65. The third kappa shape index (κ3) is 3.42. The number of ether oxygens (including phenoxy) is 1. The van der Waals surface area contributed by atoms with Crippen molar-refractivity contribution < 1.29 is 9.53 Å². The molecule has 2 aromatic rings. The van der Waals surface area contributed by atoms with Crippen LogP contribution in [0.5, 0.6) is 5.75 Å². The van der Waals surface area contributed by atoms with E-state index in [2.05, 4.69) is 4.98 Å². The van der Waals surface area contributed by atoms with E-state index in [1.54, 1.807) is 24.3 Å². The number of hydrogen-bond acceptors (Lipinski definition) is 3. The Balaban J connectivity index is 1.86. The third-order valence-corrected chi connectivity index (χ3v) is 2.59. The zero-order chi connectivity index (χ0) is 12.8. The number of pyridine rings is 1. The Labute approximate surface area is 106 Å². The van der Waals surface area contributed by atoms with Crippen LogP contribution in [0.25, 0.3) is 0 Å². The van der Waals surface area contributed by atoms with Crippen LogP contribution >= 0.6 is 0 Å². The van der Waals surface area contributed by atoms with Gasteiger partial charge in [-0.05, 0) is 43.3 Å². The van der Waals surface area contributed by atoms with Crippen molar-refractivity contribution in [3.05, 3.63) is 59.4 Å². The summed E-state index contributed by atoms with van der Waals surface area (Å²) in [4.78, 5) is 14.9. The van der Waals surface area contributed by atoms with Crippen molar-refractivity contribution in [3.8, 4) is 5.75 Å². The average molecular weight is 241 g/mol. The Hall–Kier alpha value is -2.16. The summed E-state index contributed by atoms with van der Waals surface area (Å²) in [6.45, 7) is 2.55. The van der Waals surface area contributed by atoms with Gasteiger partial charge in [-0.25, -0.2) is 0 Å². The summed E-state index contributed by atoms with van der Waals surface area (Å²) in [6, 6.07) is 13.0. The summed E-state index contributed by atoms with van der Waals surface area (Å²) in [6.07, 6.45) is 1.59. The Morgan fingerprint density at radius 2 is 1.94 bits per heavy atom. The average Bonchev–Trinajstić information content (AvgIpc) is 2.40. The molecule has 0 radical (unpaired) electrons. The van der Waals surface area contributed by atoms with Gasteiger partial charge in [0.15, 0.2) is 0 Å². The summed E-state index contributed by atoms with van der Waals surface area (Å²) in [5, 5.41) is 0. The minimum absolute atomic E-state index is 0.580. The maximum atomic E-state index is 10.5. The monoisotopic (exact) mass is 241 g/mol. The molecule has 0 saturated heterocycles. The first-order chi connectivity index (χ1) is 8.78. The molecule has 18 heavy (non-hydrogen) atoms. The van der Waals surface area contributed by atoms with Gasteiger partial charge in [0.1, 0.15) is 12.0 Å². The second-order valence-electron chi connectivity index (χ2n) is 4.06. The number of rotatable bonds is 5. The van der Waals surface area contributed by atoms with E-state index in [9.17, 15) is 4.79 Å². The van der Waals surface area contributed by atoms with Crippen molar-refractivity contribution in [2.24, 2.45) is 0 Å². The highest BCUT2D eigenvalue weighted by Gasteiger charge is 1.97. The zero-order valence-corrected chi connectivity index (χ0v) is 10.3. The smallest absolute Gasteiger partial charge is 0.150 e. The molecule has 0 N–H and O–H groups in total. The van der Waals surface area contributed by atoms with E-state index in [-0.39, 0.29) is 0 Å². The van der Waals surface area contributed by atoms with Crippen molar-refractivity contribution in [1.82, 2.24) is 4.98 Å². The van der Waals surface area contributed by atoms with Crippen molar-refractivity contribution in [3.63, 3.8) is 0 Å². The summed E-state index contributed by atoms with van der Waals surface area (Å²) in [7, 11) is 0. The van der Waals surface area contributed by atoms with Gasteiger partial charge < -0.3 is 4.74 Å². The van der Waals surface area contributed by atoms with E-state index in [0.717, 1.165) is 29.8 Å². The predicted molar refractivity (Wildman–Crippen MR) is 70.0 cm³/mol. The highest BCUT2D eigenvalue weighted by molar-refractivity contribution is 5.74. The maximum absolute atomic E-state index is 10.5. The Kier molecular flexibility index (Phi) is 4.07. The van der Waals surface area contributed by atoms with Crippen LogP contribution in [-0.2, 0) is 6.42 Å². The number of carbonyl (C=O) groups is 1. The van der Waals surface area contributed by atoms with E-state index < -0.39 is 0 Å². The number of benzene rings is 1.